The summed E-state index contributed by atoms with van der Waals surface area (Å²) in [4.78, 5) is 19.2. The number of aromatic amines is 1. The van der Waals surface area contributed by atoms with Crippen molar-refractivity contribution < 1.29 is 4.42 Å². The van der Waals surface area contributed by atoms with Crippen molar-refractivity contribution in [3.8, 4) is 0 Å². The molecule has 5 aromatic rings. The average molecular weight is 509 g/mol. The Labute approximate surface area is 221 Å². The Balaban J connectivity index is 1.53. The molecule has 1 aliphatic carbocycles. The van der Waals surface area contributed by atoms with E-state index in [1.807, 2.05) is 66.2 Å². The van der Waals surface area contributed by atoms with Crippen LogP contribution in [-0.2, 0) is 13.1 Å². The van der Waals surface area contributed by atoms with E-state index in [0.717, 1.165) is 53.5 Å². The fourth-order valence-corrected chi connectivity index (χ4v) is 5.73. The molecule has 1 fully saturated rings. The molecule has 1 atom stereocenters. The van der Waals surface area contributed by atoms with Gasteiger partial charge in [-0.25, -0.2) is 4.68 Å². The Hall–Kier alpha value is -4.04. The summed E-state index contributed by atoms with van der Waals surface area (Å²) < 4.78 is 7.76. The third-order valence-corrected chi connectivity index (χ3v) is 7.63. The fraction of sp³-hybridized carbons (Fsp3) is 0.333. The van der Waals surface area contributed by atoms with Crippen LogP contribution in [0.1, 0.15) is 72.5 Å². The molecule has 0 amide bonds. The van der Waals surface area contributed by atoms with E-state index >= 15 is 0 Å². The molecule has 194 valence electrons. The van der Waals surface area contributed by atoms with Crippen LogP contribution in [0.25, 0.3) is 10.9 Å². The second kappa shape index (κ2) is 10.8. The summed E-state index contributed by atoms with van der Waals surface area (Å²) in [6.45, 7) is 3.10. The molecule has 2 aromatic carbocycles. The minimum absolute atomic E-state index is 0.132. The van der Waals surface area contributed by atoms with E-state index in [-0.39, 0.29) is 11.6 Å². The predicted molar refractivity (Wildman–Crippen MR) is 145 cm³/mol. The molecule has 6 rings (SSSR count). The first-order valence-electron chi connectivity index (χ1n) is 13.4. The van der Waals surface area contributed by atoms with Crippen molar-refractivity contribution >= 4 is 10.9 Å². The Morgan fingerprint density at radius 1 is 1.03 bits per heavy atom. The van der Waals surface area contributed by atoms with Crippen LogP contribution in [0.4, 0.5) is 0 Å². The van der Waals surface area contributed by atoms with Crippen LogP contribution in [0.3, 0.4) is 0 Å². The van der Waals surface area contributed by atoms with Crippen LogP contribution in [0.15, 0.2) is 82.2 Å². The zero-order valence-electron chi connectivity index (χ0n) is 21.6. The monoisotopic (exact) mass is 508 g/mol. The molecule has 1 unspecified atom stereocenters. The lowest BCUT2D eigenvalue weighted by Crippen LogP contribution is -2.35. The van der Waals surface area contributed by atoms with Crippen molar-refractivity contribution in [2.45, 2.75) is 64.2 Å². The van der Waals surface area contributed by atoms with Crippen molar-refractivity contribution in [3.63, 3.8) is 0 Å². The number of benzene rings is 2. The number of fused-ring (bicyclic) bond motifs is 1. The van der Waals surface area contributed by atoms with Gasteiger partial charge in [-0.2, -0.15) is 0 Å². The van der Waals surface area contributed by atoms with Gasteiger partial charge in [0.2, 0.25) is 0 Å². The topological polar surface area (TPSA) is 92.8 Å². The largest absolute Gasteiger partial charge is 0.468 e. The van der Waals surface area contributed by atoms with Crippen molar-refractivity contribution in [3.05, 3.63) is 112 Å². The van der Waals surface area contributed by atoms with Crippen molar-refractivity contribution in [2.75, 3.05) is 0 Å². The van der Waals surface area contributed by atoms with E-state index in [1.165, 1.54) is 6.42 Å². The van der Waals surface area contributed by atoms with Gasteiger partial charge in [0.15, 0.2) is 5.82 Å². The van der Waals surface area contributed by atoms with Crippen LogP contribution in [-0.4, -0.2) is 30.1 Å². The molecule has 1 saturated carbocycles. The van der Waals surface area contributed by atoms with E-state index in [0.29, 0.717) is 24.5 Å². The number of hydrogen-bond donors (Lipinski definition) is 1. The summed E-state index contributed by atoms with van der Waals surface area (Å²) >= 11 is 0. The zero-order chi connectivity index (χ0) is 25.9. The minimum atomic E-state index is -0.481. The van der Waals surface area contributed by atoms with Crippen LogP contribution >= 0.6 is 0 Å². The quantitative estimate of drug-likeness (QED) is 0.288. The molecule has 38 heavy (non-hydrogen) atoms. The summed E-state index contributed by atoms with van der Waals surface area (Å²) in [5.74, 6) is 1.51. The maximum Gasteiger partial charge on any atom is 0.253 e. The van der Waals surface area contributed by atoms with Gasteiger partial charge in [-0.15, -0.1) is 5.10 Å². The number of tetrazole rings is 1. The number of furan rings is 1. The average Bonchev–Trinajstić information content (AvgIpc) is 3.64. The lowest BCUT2D eigenvalue weighted by atomic mass is 9.95. The van der Waals surface area contributed by atoms with Crippen molar-refractivity contribution in [2.24, 2.45) is 0 Å². The van der Waals surface area contributed by atoms with Gasteiger partial charge in [-0.1, -0.05) is 67.8 Å². The molecule has 0 spiro atoms. The van der Waals surface area contributed by atoms with Gasteiger partial charge in [0.25, 0.3) is 5.56 Å². The molecular formula is C30H32N6O2. The van der Waals surface area contributed by atoms with Gasteiger partial charge in [0, 0.05) is 12.1 Å². The number of rotatable bonds is 8. The highest BCUT2D eigenvalue weighted by atomic mass is 16.3. The SMILES string of the molecule is Cc1cccc2cc(C(c3nnnn3C3CCCCC3)N(Cc3ccccc3)Cc3ccco3)c(=O)[nH]c12. The summed E-state index contributed by atoms with van der Waals surface area (Å²) in [6, 6.07) is 22.0. The highest BCUT2D eigenvalue weighted by Gasteiger charge is 2.33. The number of nitrogens with one attached hydrogen (secondary N) is 1. The first kappa shape index (κ1) is 24.3. The fourth-order valence-electron chi connectivity index (χ4n) is 5.73. The van der Waals surface area contributed by atoms with Crippen LogP contribution in [0, 0.1) is 6.92 Å². The Morgan fingerprint density at radius 3 is 2.66 bits per heavy atom. The summed E-state index contributed by atoms with van der Waals surface area (Å²) in [7, 11) is 0. The molecular weight excluding hydrogens is 476 g/mol. The predicted octanol–water partition coefficient (Wildman–Crippen LogP) is 5.71. The van der Waals surface area contributed by atoms with Crippen LogP contribution in [0.2, 0.25) is 0 Å². The van der Waals surface area contributed by atoms with Gasteiger partial charge in [0.1, 0.15) is 11.8 Å². The second-order valence-corrected chi connectivity index (χ2v) is 10.2. The first-order chi connectivity index (χ1) is 18.7. The van der Waals surface area contributed by atoms with Gasteiger partial charge in [-0.05, 0) is 64.9 Å². The lowest BCUT2D eigenvalue weighted by molar-refractivity contribution is 0.173. The molecule has 3 heterocycles. The summed E-state index contributed by atoms with van der Waals surface area (Å²) in [6.07, 6.45) is 7.31. The lowest BCUT2D eigenvalue weighted by Gasteiger charge is -2.32. The van der Waals surface area contributed by atoms with E-state index in [9.17, 15) is 4.79 Å². The van der Waals surface area contributed by atoms with Gasteiger partial charge >= 0.3 is 0 Å². The number of hydrogen-bond acceptors (Lipinski definition) is 6. The van der Waals surface area contributed by atoms with E-state index in [4.69, 9.17) is 4.42 Å². The third kappa shape index (κ3) is 4.91. The molecule has 0 aliphatic heterocycles. The number of para-hydroxylation sites is 1. The maximum absolute atomic E-state index is 13.8. The normalized spacial score (nSPS) is 15.3. The van der Waals surface area contributed by atoms with Crippen molar-refractivity contribution in [1.82, 2.24) is 30.1 Å². The summed E-state index contributed by atoms with van der Waals surface area (Å²) in [5.41, 5.74) is 3.51. The highest BCUT2D eigenvalue weighted by molar-refractivity contribution is 5.82. The Bertz CT molecular complexity index is 1550. The van der Waals surface area contributed by atoms with Gasteiger partial charge in [-0.3, -0.25) is 9.69 Å². The van der Waals surface area contributed by atoms with Crippen LogP contribution in [0.5, 0.6) is 0 Å². The van der Waals surface area contributed by atoms with Gasteiger partial charge in [0.05, 0.1) is 24.4 Å². The third-order valence-electron chi connectivity index (χ3n) is 7.63. The first-order valence-corrected chi connectivity index (χ1v) is 13.4. The number of nitrogens with zero attached hydrogens (tertiary/aromatic N) is 5. The Kier molecular flexibility index (Phi) is 6.88. The molecule has 1 N–H and O–H groups in total. The smallest absolute Gasteiger partial charge is 0.253 e. The number of aromatic nitrogens is 5. The molecule has 8 heteroatoms. The minimum Gasteiger partial charge on any atom is -0.468 e. The van der Waals surface area contributed by atoms with Crippen molar-refractivity contribution in [1.29, 1.82) is 0 Å². The van der Waals surface area contributed by atoms with E-state index in [1.54, 1.807) is 6.26 Å². The zero-order valence-corrected chi connectivity index (χ0v) is 21.6. The molecule has 0 saturated heterocycles. The summed E-state index contributed by atoms with van der Waals surface area (Å²) in [5, 5.41) is 14.2. The van der Waals surface area contributed by atoms with E-state index < -0.39 is 6.04 Å². The van der Waals surface area contributed by atoms with E-state index in [2.05, 4.69) is 37.5 Å². The van der Waals surface area contributed by atoms with Crippen LogP contribution < -0.4 is 5.56 Å². The molecule has 0 radical (unpaired) electrons. The molecule has 3 aromatic heterocycles. The van der Waals surface area contributed by atoms with Gasteiger partial charge < -0.3 is 9.40 Å². The molecule has 1 aliphatic rings. The number of H-pyrrole nitrogens is 1. The second-order valence-electron chi connectivity index (χ2n) is 10.2. The Morgan fingerprint density at radius 2 is 1.87 bits per heavy atom. The maximum atomic E-state index is 13.8. The number of aryl methyl sites for hydroxylation is 1. The number of pyridine rings is 1. The highest BCUT2D eigenvalue weighted by Crippen LogP contribution is 2.34. The molecule has 8 nitrogen and oxygen atoms in total. The molecule has 0 bridgehead atoms. The standard InChI is InChI=1S/C30H32N6O2/c1-21-10-8-13-23-18-26(30(37)31-27(21)23)28(29-32-33-34-36(29)24-14-6-3-7-15-24)35(20-25-16-9-17-38-25)19-22-11-4-2-5-12-22/h2,4-5,8-13,16-18,24,28H,3,6-7,14-15,19-20H2,1H3,(H,31,37).